The minimum atomic E-state index is -2.60. The summed E-state index contributed by atoms with van der Waals surface area (Å²) in [6.45, 7) is 10.1. The molecule has 0 atom stereocenters. The van der Waals surface area contributed by atoms with Crippen molar-refractivity contribution in [3.63, 3.8) is 0 Å². The molecule has 0 aliphatic rings. The van der Waals surface area contributed by atoms with Gasteiger partial charge >= 0.3 is 8.32 Å². The lowest BCUT2D eigenvalue weighted by Gasteiger charge is -2.43. The van der Waals surface area contributed by atoms with Crippen LogP contribution >= 0.6 is 0 Å². The van der Waals surface area contributed by atoms with E-state index in [9.17, 15) is 4.79 Å². The van der Waals surface area contributed by atoms with E-state index in [-0.39, 0.29) is 10.8 Å². The summed E-state index contributed by atoms with van der Waals surface area (Å²) in [7, 11) is -2.60. The molecule has 0 unspecified atom stereocenters. The zero-order chi connectivity index (χ0) is 17.8. The Morgan fingerprint density at radius 3 is 1.62 bits per heavy atom. The highest BCUT2D eigenvalue weighted by atomic mass is 28.4. The molecule has 24 heavy (non-hydrogen) atoms. The van der Waals surface area contributed by atoms with Crippen LogP contribution in [0.3, 0.4) is 0 Å². The summed E-state index contributed by atoms with van der Waals surface area (Å²) in [4.78, 5) is 11.5. The number of hydrogen-bond acceptors (Lipinski definition) is 2. The summed E-state index contributed by atoms with van der Waals surface area (Å²) in [5.41, 5.74) is 0. The van der Waals surface area contributed by atoms with Gasteiger partial charge in [0.2, 0.25) is 0 Å². The van der Waals surface area contributed by atoms with Gasteiger partial charge in [0.15, 0.2) is 5.78 Å². The standard InChI is InChI=1S/C21H26O2Si/c1-17(22)16-18(2)23-24(21(3,4)5,19-12-8-6-9-13-19)20-14-10-7-11-15-20/h6-16H,1-5H3. The summed E-state index contributed by atoms with van der Waals surface area (Å²) in [5.74, 6) is 0.683. The number of allylic oxidation sites excluding steroid dienone is 2. The van der Waals surface area contributed by atoms with Crippen LogP contribution in [0.25, 0.3) is 0 Å². The van der Waals surface area contributed by atoms with Crippen LogP contribution in [0.4, 0.5) is 0 Å². The summed E-state index contributed by atoms with van der Waals surface area (Å²) < 4.78 is 6.66. The van der Waals surface area contributed by atoms with Crippen LogP contribution in [0, 0.1) is 0 Å². The molecule has 0 radical (unpaired) electrons. The van der Waals surface area contributed by atoms with Crippen molar-refractivity contribution in [2.45, 2.75) is 39.7 Å². The fraction of sp³-hybridized carbons (Fsp3) is 0.286. The van der Waals surface area contributed by atoms with Gasteiger partial charge in [-0.05, 0) is 29.3 Å². The number of carbonyl (C=O) groups is 1. The Balaban J connectivity index is 2.73. The minimum absolute atomic E-state index is 0.00503. The smallest absolute Gasteiger partial charge is 0.319 e. The predicted octanol–water partition coefficient (Wildman–Crippen LogP) is 4.06. The maximum atomic E-state index is 11.5. The Morgan fingerprint density at radius 2 is 1.29 bits per heavy atom. The van der Waals surface area contributed by atoms with Gasteiger partial charge in [-0.2, -0.15) is 0 Å². The van der Waals surface area contributed by atoms with E-state index in [1.165, 1.54) is 10.4 Å². The van der Waals surface area contributed by atoms with E-state index in [0.29, 0.717) is 5.76 Å². The third-order valence-corrected chi connectivity index (χ3v) is 9.17. The van der Waals surface area contributed by atoms with Crippen LogP contribution in [-0.4, -0.2) is 14.1 Å². The minimum Gasteiger partial charge on any atom is -0.537 e. The predicted molar refractivity (Wildman–Crippen MR) is 103 cm³/mol. The molecule has 2 nitrogen and oxygen atoms in total. The summed E-state index contributed by atoms with van der Waals surface area (Å²) in [5, 5.41) is 2.32. The molecule has 2 rings (SSSR count). The highest BCUT2D eigenvalue weighted by Crippen LogP contribution is 2.37. The highest BCUT2D eigenvalue weighted by molar-refractivity contribution is 6.99. The Bertz CT molecular complexity index is 673. The molecule has 126 valence electrons. The first-order valence-electron chi connectivity index (χ1n) is 8.26. The molecule has 2 aromatic rings. The van der Waals surface area contributed by atoms with Crippen molar-refractivity contribution in [3.05, 3.63) is 72.5 Å². The van der Waals surface area contributed by atoms with E-state index in [1.54, 1.807) is 13.0 Å². The molecule has 0 bridgehead atoms. The van der Waals surface area contributed by atoms with E-state index < -0.39 is 8.32 Å². The van der Waals surface area contributed by atoms with Gasteiger partial charge in [-0.15, -0.1) is 0 Å². The van der Waals surface area contributed by atoms with Crippen molar-refractivity contribution in [2.24, 2.45) is 0 Å². The SMILES string of the molecule is CC(=O)C=C(C)O[Si](c1ccccc1)(c1ccccc1)C(C)(C)C. The maximum absolute atomic E-state index is 11.5. The molecule has 0 aliphatic heterocycles. The summed E-state index contributed by atoms with van der Waals surface area (Å²) >= 11 is 0. The van der Waals surface area contributed by atoms with Crippen LogP contribution < -0.4 is 10.4 Å². The molecule has 0 N–H and O–H groups in total. The number of rotatable bonds is 5. The lowest BCUT2D eigenvalue weighted by molar-refractivity contribution is -0.112. The van der Waals surface area contributed by atoms with Crippen LogP contribution in [0.5, 0.6) is 0 Å². The average Bonchev–Trinajstić information content (AvgIpc) is 2.52. The van der Waals surface area contributed by atoms with Crippen LogP contribution in [0.15, 0.2) is 72.5 Å². The second-order valence-electron chi connectivity index (χ2n) is 7.13. The first kappa shape index (κ1) is 18.2. The summed E-state index contributed by atoms with van der Waals surface area (Å²) in [6, 6.07) is 20.8. The number of benzene rings is 2. The van der Waals surface area contributed by atoms with Gasteiger partial charge in [0.1, 0.15) is 0 Å². The zero-order valence-corrected chi connectivity index (χ0v) is 16.2. The van der Waals surface area contributed by atoms with Gasteiger partial charge < -0.3 is 4.43 Å². The van der Waals surface area contributed by atoms with E-state index >= 15 is 0 Å². The second kappa shape index (κ2) is 7.18. The topological polar surface area (TPSA) is 26.3 Å². The van der Waals surface area contributed by atoms with Gasteiger partial charge in [0.05, 0.1) is 5.76 Å². The van der Waals surface area contributed by atoms with Crippen molar-refractivity contribution >= 4 is 24.5 Å². The number of carbonyl (C=O) groups excluding carboxylic acids is 1. The van der Waals surface area contributed by atoms with Crippen molar-refractivity contribution < 1.29 is 9.22 Å². The van der Waals surface area contributed by atoms with Crippen LogP contribution in [-0.2, 0) is 9.22 Å². The van der Waals surface area contributed by atoms with Crippen molar-refractivity contribution in [3.8, 4) is 0 Å². The van der Waals surface area contributed by atoms with E-state index in [4.69, 9.17) is 4.43 Å². The summed E-state index contributed by atoms with van der Waals surface area (Å²) in [6.07, 6.45) is 1.58. The highest BCUT2D eigenvalue weighted by Gasteiger charge is 2.52. The Hall–Kier alpha value is -2.13. The first-order chi connectivity index (χ1) is 11.3. The average molecular weight is 339 g/mol. The van der Waals surface area contributed by atoms with Gasteiger partial charge in [-0.25, -0.2) is 0 Å². The molecule has 0 aliphatic carbocycles. The molecule has 2 aromatic carbocycles. The van der Waals surface area contributed by atoms with Crippen LogP contribution in [0.1, 0.15) is 34.6 Å². The number of hydrogen-bond donors (Lipinski definition) is 0. The molecule has 0 fully saturated rings. The van der Waals surface area contributed by atoms with E-state index in [0.717, 1.165) is 0 Å². The normalized spacial score (nSPS) is 12.8. The molecule has 0 heterocycles. The van der Waals surface area contributed by atoms with Gasteiger partial charge in [-0.1, -0.05) is 81.4 Å². The fourth-order valence-electron chi connectivity index (χ4n) is 3.21. The first-order valence-corrected chi connectivity index (χ1v) is 10.2. The van der Waals surface area contributed by atoms with Gasteiger partial charge in [0.25, 0.3) is 0 Å². The Labute approximate surface area is 146 Å². The molecule has 0 spiro atoms. The Kier molecular flexibility index (Phi) is 5.45. The molecule has 3 heteroatoms. The molecular formula is C21H26O2Si. The van der Waals surface area contributed by atoms with Crippen molar-refractivity contribution in [1.82, 2.24) is 0 Å². The monoisotopic (exact) mass is 338 g/mol. The van der Waals surface area contributed by atoms with Crippen LogP contribution in [0.2, 0.25) is 5.04 Å². The quantitative estimate of drug-likeness (QED) is 0.467. The molecule has 0 saturated heterocycles. The molecular weight excluding hydrogens is 312 g/mol. The lowest BCUT2D eigenvalue weighted by atomic mass is 10.2. The maximum Gasteiger partial charge on any atom is 0.319 e. The molecule has 0 saturated carbocycles. The largest absolute Gasteiger partial charge is 0.537 e. The van der Waals surface area contributed by atoms with E-state index in [1.807, 2.05) is 19.1 Å². The van der Waals surface area contributed by atoms with Crippen molar-refractivity contribution in [2.75, 3.05) is 0 Å². The Morgan fingerprint density at radius 1 is 0.875 bits per heavy atom. The van der Waals surface area contributed by atoms with Gasteiger partial charge in [-0.3, -0.25) is 4.79 Å². The fourth-order valence-corrected chi connectivity index (χ4v) is 7.68. The van der Waals surface area contributed by atoms with Crippen molar-refractivity contribution in [1.29, 1.82) is 0 Å². The third kappa shape index (κ3) is 3.67. The second-order valence-corrected chi connectivity index (χ2v) is 11.4. The van der Waals surface area contributed by atoms with Gasteiger partial charge in [0, 0.05) is 6.08 Å². The number of ketones is 1. The van der Waals surface area contributed by atoms with E-state index in [2.05, 4.69) is 69.3 Å². The molecule has 0 aromatic heterocycles. The molecule has 0 amide bonds. The zero-order valence-electron chi connectivity index (χ0n) is 15.2. The lowest BCUT2D eigenvalue weighted by Crippen LogP contribution is -2.66. The third-order valence-electron chi connectivity index (χ3n) is 4.14.